The van der Waals surface area contributed by atoms with Gasteiger partial charge in [0.05, 0.1) is 17.7 Å². The van der Waals surface area contributed by atoms with Crippen molar-refractivity contribution >= 4 is 38.9 Å². The van der Waals surface area contributed by atoms with Crippen molar-refractivity contribution in [2.24, 2.45) is 17.8 Å². The van der Waals surface area contributed by atoms with Crippen LogP contribution in [-0.2, 0) is 20.2 Å². The Morgan fingerprint density at radius 2 is 1.55 bits per heavy atom. The van der Waals surface area contributed by atoms with Crippen LogP contribution >= 0.6 is 11.6 Å². The molecule has 4 aliphatic carbocycles. The van der Waals surface area contributed by atoms with Crippen molar-refractivity contribution < 1.29 is 17.9 Å². The van der Waals surface area contributed by atoms with Gasteiger partial charge in [0.2, 0.25) is 5.91 Å². The van der Waals surface area contributed by atoms with Gasteiger partial charge in [-0.25, -0.2) is 8.42 Å². The maximum Gasteiger partial charge on any atom is 0.264 e. The van der Waals surface area contributed by atoms with Gasteiger partial charge in [-0.15, -0.1) is 0 Å². The van der Waals surface area contributed by atoms with Crippen molar-refractivity contribution in [2.75, 3.05) is 23.3 Å². The first kappa shape index (κ1) is 27.2. The summed E-state index contributed by atoms with van der Waals surface area (Å²) in [7, 11) is -2.65. The summed E-state index contributed by atoms with van der Waals surface area (Å²) in [5, 5.41) is 3.24. The first-order valence-corrected chi connectivity index (χ1v) is 15.8. The molecular weight excluding hydrogens is 544 g/mol. The van der Waals surface area contributed by atoms with Crippen molar-refractivity contribution in [1.29, 1.82) is 0 Å². The van der Waals surface area contributed by atoms with E-state index in [1.54, 1.807) is 24.3 Å². The SMILES string of the molecule is COc1ccc(Cl)cc1N(CC(=O)Nc1ccc(C23CC4CC(CC(C4)C2)C3)cc1)S(=O)(=O)c1ccc(C)cc1. The fourth-order valence-electron chi connectivity index (χ4n) is 7.70. The van der Waals surface area contributed by atoms with Gasteiger partial charge in [-0.2, -0.15) is 0 Å². The molecule has 6 nitrogen and oxygen atoms in total. The molecule has 0 aromatic heterocycles. The average molecular weight is 579 g/mol. The molecule has 0 heterocycles. The second-order valence-corrected chi connectivity index (χ2v) is 14.3. The zero-order chi connectivity index (χ0) is 28.1. The van der Waals surface area contributed by atoms with Crippen molar-refractivity contribution in [3.05, 3.63) is 82.9 Å². The van der Waals surface area contributed by atoms with E-state index in [0.29, 0.717) is 16.5 Å². The van der Waals surface area contributed by atoms with Crippen LogP contribution in [0.15, 0.2) is 71.6 Å². The summed E-state index contributed by atoms with van der Waals surface area (Å²) in [4.78, 5) is 13.4. The van der Waals surface area contributed by atoms with Crippen LogP contribution in [-0.4, -0.2) is 28.0 Å². The summed E-state index contributed by atoms with van der Waals surface area (Å²) in [6.07, 6.45) is 8.01. The number of rotatable bonds is 8. The molecule has 7 rings (SSSR count). The third-order valence-corrected chi connectivity index (χ3v) is 11.1. The Kier molecular flexibility index (Phi) is 7.07. The number of hydrogen-bond donors (Lipinski definition) is 1. The molecule has 3 aromatic carbocycles. The molecule has 4 bridgehead atoms. The van der Waals surface area contributed by atoms with Crippen LogP contribution in [0.3, 0.4) is 0 Å². The van der Waals surface area contributed by atoms with Gasteiger partial charge in [-0.3, -0.25) is 9.10 Å². The molecular formula is C32H35ClN2O4S. The third kappa shape index (κ3) is 5.10. The number of carbonyl (C=O) groups excluding carboxylic acids is 1. The van der Waals surface area contributed by atoms with Crippen LogP contribution in [0.5, 0.6) is 5.75 Å². The van der Waals surface area contributed by atoms with Crippen LogP contribution in [0.4, 0.5) is 11.4 Å². The highest BCUT2D eigenvalue weighted by molar-refractivity contribution is 7.92. The lowest BCUT2D eigenvalue weighted by atomic mass is 9.48. The Hall–Kier alpha value is -3.03. The van der Waals surface area contributed by atoms with Gasteiger partial charge >= 0.3 is 0 Å². The molecule has 40 heavy (non-hydrogen) atoms. The predicted octanol–water partition coefficient (Wildman–Crippen LogP) is 6.96. The molecule has 4 saturated carbocycles. The Morgan fingerprint density at radius 3 is 2.12 bits per heavy atom. The molecule has 0 radical (unpaired) electrons. The maximum atomic E-state index is 13.8. The highest BCUT2D eigenvalue weighted by Gasteiger charge is 2.51. The van der Waals surface area contributed by atoms with Crippen molar-refractivity contribution in [3.63, 3.8) is 0 Å². The van der Waals surface area contributed by atoms with Gasteiger partial charge in [0.15, 0.2) is 0 Å². The van der Waals surface area contributed by atoms with E-state index < -0.39 is 22.5 Å². The second kappa shape index (κ2) is 10.4. The fourth-order valence-corrected chi connectivity index (χ4v) is 9.29. The number of nitrogens with one attached hydrogen (secondary N) is 1. The number of ether oxygens (including phenoxy) is 1. The summed E-state index contributed by atoms with van der Waals surface area (Å²) < 4.78 is 34.1. The minimum atomic E-state index is -4.11. The topological polar surface area (TPSA) is 75.7 Å². The van der Waals surface area contributed by atoms with Gasteiger partial charge in [0.25, 0.3) is 10.0 Å². The van der Waals surface area contributed by atoms with Crippen LogP contribution < -0.4 is 14.4 Å². The normalized spacial score (nSPS) is 25.0. The van der Waals surface area contributed by atoms with Gasteiger partial charge in [0.1, 0.15) is 12.3 Å². The Morgan fingerprint density at radius 1 is 0.950 bits per heavy atom. The third-order valence-electron chi connectivity index (χ3n) is 9.13. The Labute approximate surface area is 241 Å². The van der Waals surface area contributed by atoms with E-state index in [-0.39, 0.29) is 16.0 Å². The van der Waals surface area contributed by atoms with Gasteiger partial charge < -0.3 is 10.1 Å². The minimum Gasteiger partial charge on any atom is -0.495 e. The van der Waals surface area contributed by atoms with E-state index in [2.05, 4.69) is 17.4 Å². The zero-order valence-corrected chi connectivity index (χ0v) is 24.5. The zero-order valence-electron chi connectivity index (χ0n) is 22.9. The molecule has 0 aliphatic heterocycles. The molecule has 0 unspecified atom stereocenters. The number of nitrogens with zero attached hydrogens (tertiary/aromatic N) is 1. The molecule has 0 spiro atoms. The van der Waals surface area contributed by atoms with E-state index >= 15 is 0 Å². The lowest BCUT2D eigenvalue weighted by Gasteiger charge is -2.57. The first-order valence-electron chi connectivity index (χ1n) is 14.0. The summed E-state index contributed by atoms with van der Waals surface area (Å²) in [5.41, 5.74) is 3.42. The number of sulfonamides is 1. The molecule has 4 aliphatic rings. The number of hydrogen-bond acceptors (Lipinski definition) is 4. The van der Waals surface area contributed by atoms with E-state index in [1.165, 1.54) is 69.4 Å². The smallest absolute Gasteiger partial charge is 0.264 e. The van der Waals surface area contributed by atoms with E-state index in [0.717, 1.165) is 27.6 Å². The molecule has 8 heteroatoms. The van der Waals surface area contributed by atoms with Gasteiger partial charge in [-0.1, -0.05) is 41.4 Å². The molecule has 1 amide bonds. The molecule has 0 saturated heterocycles. The second-order valence-electron chi connectivity index (χ2n) is 12.0. The first-order chi connectivity index (χ1) is 19.1. The lowest BCUT2D eigenvalue weighted by molar-refractivity contribution is -0.114. The maximum absolute atomic E-state index is 13.8. The average Bonchev–Trinajstić information content (AvgIpc) is 2.91. The van der Waals surface area contributed by atoms with E-state index in [1.807, 2.05) is 19.1 Å². The number of aryl methyl sites for hydroxylation is 1. The van der Waals surface area contributed by atoms with Crippen molar-refractivity contribution in [1.82, 2.24) is 0 Å². The molecule has 1 N–H and O–H groups in total. The summed E-state index contributed by atoms with van der Waals surface area (Å²) in [5.74, 6) is 2.41. The number of carbonyl (C=O) groups is 1. The number of methoxy groups -OCH3 is 1. The summed E-state index contributed by atoms with van der Waals surface area (Å²) in [6, 6.07) is 19.5. The molecule has 3 aromatic rings. The number of amides is 1. The number of anilines is 2. The summed E-state index contributed by atoms with van der Waals surface area (Å²) >= 11 is 6.25. The molecule has 0 atom stereocenters. The molecule has 210 valence electrons. The number of benzene rings is 3. The highest BCUT2D eigenvalue weighted by Crippen LogP contribution is 2.60. The number of halogens is 1. The van der Waals surface area contributed by atoms with Gasteiger partial charge in [-0.05, 0) is 117 Å². The van der Waals surface area contributed by atoms with Crippen LogP contribution in [0.25, 0.3) is 0 Å². The van der Waals surface area contributed by atoms with Crippen LogP contribution in [0.2, 0.25) is 5.02 Å². The Bertz CT molecular complexity index is 1480. The standard InChI is InChI=1S/C32H35ClN2O4S/c1-21-3-10-28(11-4-21)40(37,38)35(29-16-26(33)7-12-30(29)39-2)20-31(36)34-27-8-5-25(6-9-27)32-17-22-13-23(18-32)15-24(14-22)19-32/h3-12,16,22-24H,13-15,17-20H2,1-2H3,(H,34,36). The largest absolute Gasteiger partial charge is 0.495 e. The van der Waals surface area contributed by atoms with Crippen LogP contribution in [0, 0.1) is 24.7 Å². The summed E-state index contributed by atoms with van der Waals surface area (Å²) in [6.45, 7) is 1.44. The Balaban J connectivity index is 1.24. The quantitative estimate of drug-likeness (QED) is 0.313. The predicted molar refractivity (Wildman–Crippen MR) is 159 cm³/mol. The molecule has 4 fully saturated rings. The van der Waals surface area contributed by atoms with E-state index in [9.17, 15) is 13.2 Å². The van der Waals surface area contributed by atoms with Crippen LogP contribution in [0.1, 0.15) is 49.7 Å². The van der Waals surface area contributed by atoms with Crippen molar-refractivity contribution in [2.45, 2.75) is 55.8 Å². The van der Waals surface area contributed by atoms with Crippen molar-refractivity contribution in [3.8, 4) is 5.75 Å². The highest BCUT2D eigenvalue weighted by atomic mass is 35.5. The fraction of sp³-hybridized carbons (Fsp3) is 0.406. The monoisotopic (exact) mass is 578 g/mol. The van der Waals surface area contributed by atoms with Gasteiger partial charge in [0, 0.05) is 10.7 Å². The van der Waals surface area contributed by atoms with E-state index in [4.69, 9.17) is 16.3 Å². The lowest BCUT2D eigenvalue weighted by Crippen LogP contribution is -2.48. The minimum absolute atomic E-state index is 0.0767.